The van der Waals surface area contributed by atoms with Crippen molar-refractivity contribution in [2.45, 2.75) is 19.4 Å². The second kappa shape index (κ2) is 13.8. The van der Waals surface area contributed by atoms with Gasteiger partial charge in [0.05, 0.1) is 23.9 Å². The number of carbonyl (C=O) groups is 2. The van der Waals surface area contributed by atoms with Crippen molar-refractivity contribution in [3.63, 3.8) is 0 Å². The molecule has 2 atom stereocenters. The first-order valence-electron chi connectivity index (χ1n) is 15.4. The van der Waals surface area contributed by atoms with Crippen LogP contribution in [0.25, 0.3) is 16.9 Å². The van der Waals surface area contributed by atoms with Crippen LogP contribution in [-0.4, -0.2) is 106 Å². The van der Waals surface area contributed by atoms with Crippen LogP contribution >= 0.6 is 0 Å². The molecule has 0 unspecified atom stereocenters. The number of fused-ring (bicyclic) bond motifs is 1. The number of aliphatic hydroxyl groups excluding tert-OH is 1. The third-order valence-corrected chi connectivity index (χ3v) is 8.61. The fraction of sp³-hybridized carbons (Fsp3) is 0.364. The molecule has 2 aromatic carbocycles. The Kier molecular flexibility index (Phi) is 9.41. The highest BCUT2D eigenvalue weighted by molar-refractivity contribution is 5.96. The van der Waals surface area contributed by atoms with Gasteiger partial charge in [-0.2, -0.15) is 4.39 Å². The lowest BCUT2D eigenvalue weighted by atomic mass is 9.93. The van der Waals surface area contributed by atoms with Gasteiger partial charge in [0, 0.05) is 75.2 Å². The van der Waals surface area contributed by atoms with E-state index in [1.54, 1.807) is 39.6 Å². The van der Waals surface area contributed by atoms with Gasteiger partial charge in [-0.25, -0.2) is 14.4 Å². The second-order valence-corrected chi connectivity index (χ2v) is 11.5. The number of amides is 2. The van der Waals surface area contributed by atoms with E-state index in [1.165, 1.54) is 30.7 Å². The summed E-state index contributed by atoms with van der Waals surface area (Å²) in [6, 6.07) is 8.14. The SMILES string of the molecule is CN=CCOc1ccc(-c2cnc3c(Nc4ccc(C(=O)N5CCN(C(=O)[C@@H]6CCNC[C@@H]6O)CC5)c(C)c4)nccn23)c(F)c1F. The highest BCUT2D eigenvalue weighted by Gasteiger charge is 2.34. The first kappa shape index (κ1) is 32.0. The zero-order valence-electron chi connectivity index (χ0n) is 26.1. The van der Waals surface area contributed by atoms with Gasteiger partial charge in [0.1, 0.15) is 6.61 Å². The molecule has 0 saturated carbocycles. The second-order valence-electron chi connectivity index (χ2n) is 11.5. The van der Waals surface area contributed by atoms with Crippen LogP contribution in [0, 0.1) is 24.5 Å². The van der Waals surface area contributed by atoms with Gasteiger partial charge in [0.25, 0.3) is 5.91 Å². The van der Waals surface area contributed by atoms with Crippen molar-refractivity contribution in [1.29, 1.82) is 0 Å². The van der Waals surface area contributed by atoms with Gasteiger partial charge in [0.15, 0.2) is 23.0 Å². The van der Waals surface area contributed by atoms with Crippen LogP contribution in [0.4, 0.5) is 20.3 Å². The Labute approximate surface area is 270 Å². The third kappa shape index (κ3) is 6.51. The molecular formula is C33H36F2N8O4. The summed E-state index contributed by atoms with van der Waals surface area (Å²) >= 11 is 0. The Morgan fingerprint density at radius 2 is 1.91 bits per heavy atom. The van der Waals surface area contributed by atoms with Gasteiger partial charge in [-0.1, -0.05) is 0 Å². The molecule has 2 aromatic heterocycles. The summed E-state index contributed by atoms with van der Waals surface area (Å²) in [5.41, 5.74) is 2.69. The van der Waals surface area contributed by atoms with E-state index in [4.69, 9.17) is 4.74 Å². The number of halogens is 2. The molecule has 2 amide bonds. The number of β-amino-alcohol motifs (C(OH)–C–C–N with tert-alkyl or cyclic N) is 1. The number of nitrogens with one attached hydrogen (secondary N) is 2. The quantitative estimate of drug-likeness (QED) is 0.249. The average Bonchev–Trinajstić information content (AvgIpc) is 3.51. The lowest BCUT2D eigenvalue weighted by molar-refractivity contribution is -0.141. The molecule has 0 aliphatic carbocycles. The Bertz CT molecular complexity index is 1820. The molecule has 2 aliphatic heterocycles. The van der Waals surface area contributed by atoms with Crippen molar-refractivity contribution >= 4 is 35.2 Å². The van der Waals surface area contributed by atoms with Crippen molar-refractivity contribution in [2.75, 3.05) is 58.2 Å². The molecule has 2 fully saturated rings. The number of aliphatic imine (C=N–C) groups is 1. The van der Waals surface area contributed by atoms with Gasteiger partial charge < -0.3 is 30.3 Å². The summed E-state index contributed by atoms with van der Waals surface area (Å²) in [6.07, 6.45) is 5.93. The molecule has 246 valence electrons. The number of piperazine rings is 1. The van der Waals surface area contributed by atoms with Crippen molar-refractivity contribution in [1.82, 2.24) is 29.5 Å². The van der Waals surface area contributed by atoms with E-state index in [9.17, 15) is 19.1 Å². The average molecular weight is 647 g/mol. The maximum absolute atomic E-state index is 15.1. The Morgan fingerprint density at radius 1 is 1.13 bits per heavy atom. The third-order valence-electron chi connectivity index (χ3n) is 8.61. The van der Waals surface area contributed by atoms with Crippen molar-refractivity contribution in [3.8, 4) is 17.0 Å². The molecule has 0 radical (unpaired) electrons. The van der Waals surface area contributed by atoms with E-state index in [1.807, 2.05) is 13.0 Å². The molecule has 14 heteroatoms. The standard InChI is InChI=1S/C33H36F2N8O4/c1-20-17-21(3-4-22(20)32(45)41-12-14-42(15-13-41)33(46)24-7-8-37-19-26(24)44)40-30-31-39-18-25(43(31)11-9-38-30)23-5-6-27(29(35)28(23)34)47-16-10-36-2/h3-6,9-11,17-18,24,26,37,44H,7-8,12-16,19H2,1-2H3,(H,38,40)/t24-,26+/m1/s1. The number of hydrogen-bond acceptors (Lipinski definition) is 9. The van der Waals surface area contributed by atoms with Gasteiger partial charge in [0.2, 0.25) is 11.7 Å². The fourth-order valence-corrected chi connectivity index (χ4v) is 6.03. The summed E-state index contributed by atoms with van der Waals surface area (Å²) in [4.78, 5) is 42.5. The highest BCUT2D eigenvalue weighted by Crippen LogP contribution is 2.32. The number of benzene rings is 2. The number of carbonyl (C=O) groups excluding carboxylic acids is 2. The predicted molar refractivity (Wildman–Crippen MR) is 172 cm³/mol. The van der Waals surface area contributed by atoms with Crippen LogP contribution in [0.3, 0.4) is 0 Å². The van der Waals surface area contributed by atoms with E-state index >= 15 is 4.39 Å². The molecule has 12 nitrogen and oxygen atoms in total. The maximum atomic E-state index is 15.1. The summed E-state index contributed by atoms with van der Waals surface area (Å²) < 4.78 is 36.8. The summed E-state index contributed by atoms with van der Waals surface area (Å²) in [5, 5.41) is 16.6. The lowest BCUT2D eigenvalue weighted by Gasteiger charge is -2.38. The Balaban J connectivity index is 1.14. The van der Waals surface area contributed by atoms with E-state index < -0.39 is 23.7 Å². The van der Waals surface area contributed by atoms with Gasteiger partial charge in [-0.05, 0) is 55.8 Å². The minimum atomic E-state index is -1.10. The van der Waals surface area contributed by atoms with Crippen LogP contribution in [0.5, 0.6) is 5.75 Å². The van der Waals surface area contributed by atoms with Crippen LogP contribution in [0.15, 0.2) is 53.9 Å². The van der Waals surface area contributed by atoms with Crippen molar-refractivity contribution in [2.24, 2.45) is 10.9 Å². The first-order valence-corrected chi connectivity index (χ1v) is 15.4. The molecule has 4 heterocycles. The molecular weight excluding hydrogens is 610 g/mol. The lowest BCUT2D eigenvalue weighted by Crippen LogP contribution is -2.55. The van der Waals surface area contributed by atoms with Gasteiger partial charge in [-0.3, -0.25) is 19.0 Å². The molecule has 6 rings (SSSR count). The largest absolute Gasteiger partial charge is 0.485 e. The highest BCUT2D eigenvalue weighted by atomic mass is 19.2. The summed E-state index contributed by atoms with van der Waals surface area (Å²) in [5.74, 6) is -2.57. The van der Waals surface area contributed by atoms with Crippen LogP contribution in [0.2, 0.25) is 0 Å². The molecule has 3 N–H and O–H groups in total. The van der Waals surface area contributed by atoms with E-state index in [0.717, 1.165) is 5.56 Å². The summed E-state index contributed by atoms with van der Waals surface area (Å²) in [6.45, 7) is 4.64. The van der Waals surface area contributed by atoms with Crippen LogP contribution in [0.1, 0.15) is 22.3 Å². The number of anilines is 2. The monoisotopic (exact) mass is 646 g/mol. The molecule has 0 spiro atoms. The summed E-state index contributed by atoms with van der Waals surface area (Å²) in [7, 11) is 1.56. The topological polar surface area (TPSA) is 137 Å². The minimum Gasteiger partial charge on any atom is -0.485 e. The number of aromatic nitrogens is 3. The smallest absolute Gasteiger partial charge is 0.254 e. The molecule has 47 heavy (non-hydrogen) atoms. The number of hydrogen-bond donors (Lipinski definition) is 3. The van der Waals surface area contributed by atoms with Gasteiger partial charge >= 0.3 is 0 Å². The normalized spacial score (nSPS) is 18.6. The number of rotatable bonds is 8. The van der Waals surface area contributed by atoms with E-state index in [2.05, 4.69) is 25.6 Å². The zero-order valence-corrected chi connectivity index (χ0v) is 26.1. The Morgan fingerprint density at radius 3 is 2.66 bits per heavy atom. The van der Waals surface area contributed by atoms with Gasteiger partial charge in [-0.15, -0.1) is 0 Å². The van der Waals surface area contributed by atoms with Crippen LogP contribution < -0.4 is 15.4 Å². The first-order chi connectivity index (χ1) is 22.8. The zero-order chi connectivity index (χ0) is 33.1. The minimum absolute atomic E-state index is 0.0106. The van der Waals surface area contributed by atoms with E-state index in [0.29, 0.717) is 74.1 Å². The molecule has 0 bridgehead atoms. The number of aryl methyl sites for hydroxylation is 1. The van der Waals surface area contributed by atoms with Crippen molar-refractivity contribution in [3.05, 3.63) is 71.7 Å². The molecule has 2 aliphatic rings. The van der Waals surface area contributed by atoms with E-state index in [-0.39, 0.29) is 29.7 Å². The Hall–Kier alpha value is -4.95. The molecule has 2 saturated heterocycles. The number of nitrogens with zero attached hydrogens (tertiary/aromatic N) is 6. The molecule has 4 aromatic rings. The fourth-order valence-electron chi connectivity index (χ4n) is 6.03. The predicted octanol–water partition coefficient (Wildman–Crippen LogP) is 3.06. The van der Waals surface area contributed by atoms with Crippen LogP contribution in [-0.2, 0) is 4.79 Å². The number of piperidine rings is 1. The number of ether oxygens (including phenoxy) is 1. The number of aliphatic hydroxyl groups is 1. The maximum Gasteiger partial charge on any atom is 0.254 e. The van der Waals surface area contributed by atoms with Crippen molar-refractivity contribution < 1.29 is 28.2 Å². The number of imidazole rings is 1.